The molecule has 1 atom stereocenters. The van der Waals surface area contributed by atoms with Gasteiger partial charge in [0.2, 0.25) is 0 Å². The van der Waals surface area contributed by atoms with Gasteiger partial charge >= 0.3 is 0 Å². The second-order valence-electron chi connectivity index (χ2n) is 4.56. The summed E-state index contributed by atoms with van der Waals surface area (Å²) in [5.41, 5.74) is 3.71. The van der Waals surface area contributed by atoms with E-state index in [2.05, 4.69) is 35.6 Å². The first-order valence-electron chi connectivity index (χ1n) is 6.32. The first-order chi connectivity index (χ1) is 8.65. The summed E-state index contributed by atoms with van der Waals surface area (Å²) in [6.45, 7) is 5.11. The molecule has 0 saturated carbocycles. The van der Waals surface area contributed by atoms with Crippen LogP contribution in [0.15, 0.2) is 18.6 Å². The summed E-state index contributed by atoms with van der Waals surface area (Å²) in [6.07, 6.45) is 6.93. The van der Waals surface area contributed by atoms with Crippen molar-refractivity contribution in [2.75, 3.05) is 7.05 Å². The van der Waals surface area contributed by atoms with Crippen molar-refractivity contribution in [3.05, 3.63) is 35.4 Å². The molecule has 0 bridgehead atoms. The van der Waals surface area contributed by atoms with Crippen molar-refractivity contribution in [3.63, 3.8) is 0 Å². The van der Waals surface area contributed by atoms with Crippen LogP contribution < -0.4 is 5.32 Å². The fourth-order valence-electron chi connectivity index (χ4n) is 2.15. The Hall–Kier alpha value is -1.62. The Morgan fingerprint density at radius 2 is 2.11 bits per heavy atom. The summed E-state index contributed by atoms with van der Waals surface area (Å²) in [5.74, 6) is 0. The molecule has 2 heterocycles. The monoisotopic (exact) mass is 247 g/mol. The van der Waals surface area contributed by atoms with Crippen LogP contribution in [-0.2, 0) is 20.0 Å². The third kappa shape index (κ3) is 2.46. The maximum Gasteiger partial charge on any atom is 0.0540 e. The number of rotatable bonds is 5. The molecule has 0 aromatic carbocycles. The molecule has 2 aromatic heterocycles. The van der Waals surface area contributed by atoms with E-state index < -0.39 is 0 Å². The molecule has 2 aromatic rings. The highest BCUT2D eigenvalue weighted by Gasteiger charge is 2.16. The normalized spacial score (nSPS) is 12.9. The number of likely N-dealkylation sites (N-methyl/N-ethyl adjacent to an activating group) is 1. The van der Waals surface area contributed by atoms with E-state index in [0.717, 1.165) is 13.0 Å². The van der Waals surface area contributed by atoms with E-state index in [9.17, 15) is 0 Å². The number of aromatic nitrogens is 4. The van der Waals surface area contributed by atoms with Gasteiger partial charge < -0.3 is 5.32 Å². The van der Waals surface area contributed by atoms with Crippen LogP contribution in [0.2, 0.25) is 0 Å². The average molecular weight is 247 g/mol. The molecule has 0 radical (unpaired) electrons. The topological polar surface area (TPSA) is 47.7 Å². The molecular weight excluding hydrogens is 226 g/mol. The second kappa shape index (κ2) is 5.35. The fourth-order valence-corrected chi connectivity index (χ4v) is 2.15. The summed E-state index contributed by atoms with van der Waals surface area (Å²) in [4.78, 5) is 0. The van der Waals surface area contributed by atoms with Crippen LogP contribution in [0.25, 0.3) is 0 Å². The summed E-state index contributed by atoms with van der Waals surface area (Å²) < 4.78 is 3.87. The first-order valence-corrected chi connectivity index (χ1v) is 6.32. The zero-order valence-electron chi connectivity index (χ0n) is 11.5. The summed E-state index contributed by atoms with van der Waals surface area (Å²) in [7, 11) is 3.96. The van der Waals surface area contributed by atoms with Gasteiger partial charge in [-0.1, -0.05) is 0 Å². The SMILES string of the molecule is CCn1cc(CC(NC)c2cnn(C)c2C)cn1. The molecule has 0 fully saturated rings. The van der Waals surface area contributed by atoms with Crippen molar-refractivity contribution in [2.24, 2.45) is 7.05 Å². The van der Waals surface area contributed by atoms with E-state index in [-0.39, 0.29) is 6.04 Å². The Morgan fingerprint density at radius 1 is 1.33 bits per heavy atom. The van der Waals surface area contributed by atoms with E-state index in [1.54, 1.807) is 0 Å². The molecule has 18 heavy (non-hydrogen) atoms. The number of nitrogens with one attached hydrogen (secondary N) is 1. The average Bonchev–Trinajstić information content (AvgIpc) is 2.96. The number of hydrogen-bond donors (Lipinski definition) is 1. The van der Waals surface area contributed by atoms with Gasteiger partial charge in [-0.3, -0.25) is 9.36 Å². The third-order valence-electron chi connectivity index (χ3n) is 3.45. The lowest BCUT2D eigenvalue weighted by molar-refractivity contribution is 0.585. The standard InChI is InChI=1S/C13H21N5/c1-5-18-9-11(7-16-18)6-13(14-3)12-8-15-17(4)10(12)2/h7-9,13-14H,5-6H2,1-4H3. The molecule has 0 spiro atoms. The van der Waals surface area contributed by atoms with Crippen molar-refractivity contribution in [3.8, 4) is 0 Å². The lowest BCUT2D eigenvalue weighted by Crippen LogP contribution is -2.19. The highest BCUT2D eigenvalue weighted by molar-refractivity contribution is 5.23. The molecule has 98 valence electrons. The fraction of sp³-hybridized carbons (Fsp3) is 0.538. The molecule has 0 saturated heterocycles. The quantitative estimate of drug-likeness (QED) is 0.870. The van der Waals surface area contributed by atoms with Crippen LogP contribution in [0.1, 0.15) is 29.8 Å². The van der Waals surface area contributed by atoms with Gasteiger partial charge in [0, 0.05) is 37.1 Å². The summed E-state index contributed by atoms with van der Waals surface area (Å²) in [6, 6.07) is 0.285. The number of nitrogens with zero attached hydrogens (tertiary/aromatic N) is 4. The van der Waals surface area contributed by atoms with Crippen LogP contribution in [0.4, 0.5) is 0 Å². The minimum atomic E-state index is 0.285. The van der Waals surface area contributed by atoms with E-state index >= 15 is 0 Å². The van der Waals surface area contributed by atoms with Gasteiger partial charge in [-0.15, -0.1) is 0 Å². The Bertz CT molecular complexity index is 511. The highest BCUT2D eigenvalue weighted by Crippen LogP contribution is 2.20. The lowest BCUT2D eigenvalue weighted by Gasteiger charge is -2.15. The predicted molar refractivity (Wildman–Crippen MR) is 71.4 cm³/mol. The Kier molecular flexibility index (Phi) is 3.81. The van der Waals surface area contributed by atoms with Gasteiger partial charge in [-0.05, 0) is 32.9 Å². The van der Waals surface area contributed by atoms with E-state index in [4.69, 9.17) is 0 Å². The minimum absolute atomic E-state index is 0.285. The number of hydrogen-bond acceptors (Lipinski definition) is 3. The first kappa shape index (κ1) is 12.8. The molecule has 5 heteroatoms. The van der Waals surface area contributed by atoms with Crippen molar-refractivity contribution >= 4 is 0 Å². The van der Waals surface area contributed by atoms with Gasteiger partial charge in [-0.2, -0.15) is 10.2 Å². The Labute approximate surface area is 108 Å². The van der Waals surface area contributed by atoms with Gasteiger partial charge in [0.25, 0.3) is 0 Å². The maximum atomic E-state index is 4.31. The molecule has 0 amide bonds. The second-order valence-corrected chi connectivity index (χ2v) is 4.56. The maximum absolute atomic E-state index is 4.31. The lowest BCUT2D eigenvalue weighted by atomic mass is 10.0. The molecule has 0 aliphatic rings. The van der Waals surface area contributed by atoms with E-state index in [1.807, 2.05) is 35.9 Å². The van der Waals surface area contributed by atoms with Crippen LogP contribution in [-0.4, -0.2) is 26.6 Å². The van der Waals surface area contributed by atoms with Crippen molar-refractivity contribution < 1.29 is 0 Å². The van der Waals surface area contributed by atoms with Crippen LogP contribution >= 0.6 is 0 Å². The molecule has 0 aliphatic heterocycles. The zero-order chi connectivity index (χ0) is 13.1. The largest absolute Gasteiger partial charge is 0.313 e. The third-order valence-corrected chi connectivity index (χ3v) is 3.45. The molecule has 1 N–H and O–H groups in total. The van der Waals surface area contributed by atoms with Crippen molar-refractivity contribution in [2.45, 2.75) is 32.9 Å². The predicted octanol–water partition coefficient (Wildman–Crippen LogP) is 1.45. The molecule has 5 nitrogen and oxygen atoms in total. The Balaban J connectivity index is 2.16. The molecular formula is C13H21N5. The minimum Gasteiger partial charge on any atom is -0.313 e. The van der Waals surface area contributed by atoms with Crippen LogP contribution in [0.5, 0.6) is 0 Å². The van der Waals surface area contributed by atoms with Gasteiger partial charge in [0.1, 0.15) is 0 Å². The van der Waals surface area contributed by atoms with E-state index in [1.165, 1.54) is 16.8 Å². The molecule has 0 aliphatic carbocycles. The van der Waals surface area contributed by atoms with Crippen molar-refractivity contribution in [1.29, 1.82) is 0 Å². The van der Waals surface area contributed by atoms with Crippen LogP contribution in [0, 0.1) is 6.92 Å². The summed E-state index contributed by atoms with van der Waals surface area (Å²) >= 11 is 0. The summed E-state index contributed by atoms with van der Waals surface area (Å²) in [5, 5.41) is 12.0. The molecule has 1 unspecified atom stereocenters. The highest BCUT2D eigenvalue weighted by atomic mass is 15.3. The van der Waals surface area contributed by atoms with Gasteiger partial charge in [0.15, 0.2) is 0 Å². The van der Waals surface area contributed by atoms with Gasteiger partial charge in [0.05, 0.1) is 12.4 Å². The zero-order valence-corrected chi connectivity index (χ0v) is 11.5. The smallest absolute Gasteiger partial charge is 0.0540 e. The number of aryl methyl sites for hydroxylation is 2. The van der Waals surface area contributed by atoms with E-state index in [0.29, 0.717) is 0 Å². The van der Waals surface area contributed by atoms with Crippen molar-refractivity contribution in [1.82, 2.24) is 24.9 Å². The molecule has 2 rings (SSSR count). The van der Waals surface area contributed by atoms with Gasteiger partial charge in [-0.25, -0.2) is 0 Å². The Morgan fingerprint density at radius 3 is 2.61 bits per heavy atom. The van der Waals surface area contributed by atoms with Crippen LogP contribution in [0.3, 0.4) is 0 Å².